The Labute approximate surface area is 184 Å². The van der Waals surface area contributed by atoms with E-state index in [0.717, 1.165) is 49.3 Å². The van der Waals surface area contributed by atoms with Gasteiger partial charge in [-0.1, -0.05) is 19.1 Å². The maximum Gasteiger partial charge on any atom is 0.232 e. The predicted octanol–water partition coefficient (Wildman–Crippen LogP) is 6.34. The highest BCUT2D eigenvalue weighted by Gasteiger charge is 2.18. The monoisotopic (exact) mass is 437 g/mol. The van der Waals surface area contributed by atoms with Crippen LogP contribution in [0.1, 0.15) is 12.5 Å². The molecule has 4 rings (SSSR count). The second-order valence-electron chi connectivity index (χ2n) is 6.52. The van der Waals surface area contributed by atoms with Gasteiger partial charge in [0.15, 0.2) is 5.58 Å². The number of benzene rings is 2. The van der Waals surface area contributed by atoms with Crippen LogP contribution in [-0.2, 0) is 6.54 Å². The van der Waals surface area contributed by atoms with E-state index in [-0.39, 0.29) is 0 Å². The summed E-state index contributed by atoms with van der Waals surface area (Å²) in [5.41, 5.74) is 3.67. The van der Waals surface area contributed by atoms with Gasteiger partial charge in [-0.05, 0) is 54.0 Å². The zero-order valence-electron chi connectivity index (χ0n) is 17.1. The molecule has 0 aliphatic rings. The molecule has 30 heavy (non-hydrogen) atoms. The lowest BCUT2D eigenvalue weighted by Crippen LogP contribution is -2.04. The molecule has 0 saturated carbocycles. The first-order valence-corrected chi connectivity index (χ1v) is 11.9. The largest absolute Gasteiger partial charge is 0.497 e. The number of nitrogens with one attached hydrogen (secondary N) is 1. The number of aromatic nitrogens is 2. The molecule has 7 heteroatoms. The molecule has 0 amide bonds. The maximum absolute atomic E-state index is 6.13. The van der Waals surface area contributed by atoms with Gasteiger partial charge < -0.3 is 14.5 Å². The molecule has 1 N–H and O–H groups in total. The van der Waals surface area contributed by atoms with Crippen LogP contribution in [0.5, 0.6) is 5.75 Å². The van der Waals surface area contributed by atoms with E-state index >= 15 is 0 Å². The Balaban J connectivity index is 1.70. The molecule has 2 heterocycles. The SMILES string of the molecule is CCSc1ccnc(NCc2ccc(OC)cc2)c1-c1nc2cc(SC)ccc2o1. The van der Waals surface area contributed by atoms with Crippen molar-refractivity contribution >= 4 is 40.4 Å². The zero-order valence-corrected chi connectivity index (χ0v) is 18.8. The molecule has 0 aliphatic heterocycles. The summed E-state index contributed by atoms with van der Waals surface area (Å²) in [4.78, 5) is 11.6. The van der Waals surface area contributed by atoms with Gasteiger partial charge in [0.05, 0.1) is 12.7 Å². The number of ether oxygens (including phenoxy) is 1. The van der Waals surface area contributed by atoms with Crippen LogP contribution < -0.4 is 10.1 Å². The van der Waals surface area contributed by atoms with Crippen LogP contribution in [0.4, 0.5) is 5.82 Å². The van der Waals surface area contributed by atoms with E-state index in [2.05, 4.69) is 35.6 Å². The van der Waals surface area contributed by atoms with E-state index in [1.54, 1.807) is 30.6 Å². The van der Waals surface area contributed by atoms with E-state index in [1.807, 2.05) is 42.6 Å². The summed E-state index contributed by atoms with van der Waals surface area (Å²) in [6.07, 6.45) is 3.88. The van der Waals surface area contributed by atoms with Gasteiger partial charge in [-0.25, -0.2) is 9.97 Å². The Hall–Kier alpha value is -2.64. The van der Waals surface area contributed by atoms with Gasteiger partial charge in [0.1, 0.15) is 17.1 Å². The smallest absolute Gasteiger partial charge is 0.232 e. The second-order valence-corrected chi connectivity index (χ2v) is 8.71. The Morgan fingerprint density at radius 3 is 2.67 bits per heavy atom. The summed E-state index contributed by atoms with van der Waals surface area (Å²) in [7, 11) is 1.67. The standard InChI is InChI=1S/C23H23N3O2S2/c1-4-30-20-11-12-24-22(25-14-15-5-7-16(27-2)8-6-15)21(20)23-26-18-13-17(29-3)9-10-19(18)28-23/h5-13H,4,14H2,1-3H3,(H,24,25). The quantitative estimate of drug-likeness (QED) is 0.323. The normalized spacial score (nSPS) is 11.0. The molecule has 0 unspecified atom stereocenters. The number of nitrogens with zero attached hydrogens (tertiary/aromatic N) is 2. The molecule has 5 nitrogen and oxygen atoms in total. The van der Waals surface area contributed by atoms with Crippen LogP contribution >= 0.6 is 23.5 Å². The summed E-state index contributed by atoms with van der Waals surface area (Å²) < 4.78 is 11.4. The summed E-state index contributed by atoms with van der Waals surface area (Å²) in [6, 6.07) is 16.1. The van der Waals surface area contributed by atoms with Crippen LogP contribution in [0.25, 0.3) is 22.6 Å². The van der Waals surface area contributed by atoms with E-state index < -0.39 is 0 Å². The molecule has 0 bridgehead atoms. The highest BCUT2D eigenvalue weighted by Crippen LogP contribution is 2.37. The Morgan fingerprint density at radius 1 is 1.10 bits per heavy atom. The van der Waals surface area contributed by atoms with Crippen molar-refractivity contribution in [2.24, 2.45) is 0 Å². The molecule has 0 aliphatic carbocycles. The topological polar surface area (TPSA) is 60.2 Å². The highest BCUT2D eigenvalue weighted by atomic mass is 32.2. The van der Waals surface area contributed by atoms with Crippen molar-refractivity contribution in [2.45, 2.75) is 23.3 Å². The molecular weight excluding hydrogens is 414 g/mol. The number of rotatable bonds is 8. The predicted molar refractivity (Wildman–Crippen MR) is 126 cm³/mol. The minimum absolute atomic E-state index is 0.588. The molecule has 154 valence electrons. The zero-order chi connectivity index (χ0) is 20.9. The summed E-state index contributed by atoms with van der Waals surface area (Å²) in [5, 5.41) is 3.46. The highest BCUT2D eigenvalue weighted by molar-refractivity contribution is 7.99. The lowest BCUT2D eigenvalue weighted by atomic mass is 10.2. The Bertz CT molecular complexity index is 1140. The third-order valence-electron chi connectivity index (χ3n) is 4.64. The first-order valence-electron chi connectivity index (χ1n) is 9.65. The molecule has 0 radical (unpaired) electrons. The van der Waals surface area contributed by atoms with Crippen LogP contribution in [0.2, 0.25) is 0 Å². The first-order chi connectivity index (χ1) is 14.7. The average molecular weight is 438 g/mol. The van der Waals surface area contributed by atoms with Crippen molar-refractivity contribution in [3.8, 4) is 17.2 Å². The van der Waals surface area contributed by atoms with Crippen molar-refractivity contribution < 1.29 is 9.15 Å². The second kappa shape index (κ2) is 9.45. The number of oxazole rings is 1. The lowest BCUT2D eigenvalue weighted by molar-refractivity contribution is 0.414. The van der Waals surface area contributed by atoms with Gasteiger partial charge in [-0.3, -0.25) is 0 Å². The molecule has 0 atom stereocenters. The molecule has 2 aromatic carbocycles. The summed E-state index contributed by atoms with van der Waals surface area (Å²) >= 11 is 3.45. The fourth-order valence-corrected chi connectivity index (χ4v) is 4.36. The van der Waals surface area contributed by atoms with Crippen molar-refractivity contribution in [1.29, 1.82) is 0 Å². The number of hydrogen-bond donors (Lipinski definition) is 1. The van der Waals surface area contributed by atoms with Crippen LogP contribution in [0.3, 0.4) is 0 Å². The minimum atomic E-state index is 0.588. The van der Waals surface area contributed by atoms with Gasteiger partial charge in [-0.2, -0.15) is 0 Å². The molecule has 0 spiro atoms. The third kappa shape index (κ3) is 4.42. The number of thioether (sulfide) groups is 2. The fourth-order valence-electron chi connectivity index (χ4n) is 3.13. The van der Waals surface area contributed by atoms with Crippen molar-refractivity contribution in [1.82, 2.24) is 9.97 Å². The maximum atomic E-state index is 6.13. The first kappa shape index (κ1) is 20.6. The lowest BCUT2D eigenvalue weighted by Gasteiger charge is -2.13. The molecule has 4 aromatic rings. The Kier molecular flexibility index (Phi) is 6.50. The number of anilines is 1. The van der Waals surface area contributed by atoms with Crippen molar-refractivity contribution in [2.75, 3.05) is 24.4 Å². The Morgan fingerprint density at radius 2 is 1.93 bits per heavy atom. The van der Waals surface area contributed by atoms with E-state index in [9.17, 15) is 0 Å². The summed E-state index contributed by atoms with van der Waals surface area (Å²) in [5.74, 6) is 3.15. The fraction of sp³-hybridized carbons (Fsp3) is 0.217. The number of methoxy groups -OCH3 is 1. The van der Waals surface area contributed by atoms with Crippen LogP contribution in [-0.4, -0.2) is 29.1 Å². The van der Waals surface area contributed by atoms with E-state index in [0.29, 0.717) is 12.4 Å². The van der Waals surface area contributed by atoms with Crippen molar-refractivity contribution in [3.05, 3.63) is 60.3 Å². The minimum Gasteiger partial charge on any atom is -0.497 e. The third-order valence-corrected chi connectivity index (χ3v) is 6.31. The van der Waals surface area contributed by atoms with Gasteiger partial charge >= 0.3 is 0 Å². The molecule has 0 saturated heterocycles. The van der Waals surface area contributed by atoms with Gasteiger partial charge in [0, 0.05) is 22.5 Å². The van der Waals surface area contributed by atoms with Gasteiger partial charge in [0.2, 0.25) is 5.89 Å². The molecule has 0 fully saturated rings. The van der Waals surface area contributed by atoms with E-state index in [4.69, 9.17) is 14.1 Å². The number of hydrogen-bond acceptors (Lipinski definition) is 7. The number of fused-ring (bicyclic) bond motifs is 1. The molecule has 2 aromatic heterocycles. The van der Waals surface area contributed by atoms with Gasteiger partial charge in [0.25, 0.3) is 0 Å². The average Bonchev–Trinajstić information content (AvgIpc) is 3.21. The van der Waals surface area contributed by atoms with Crippen LogP contribution in [0.15, 0.2) is 68.9 Å². The molecular formula is C23H23N3O2S2. The van der Waals surface area contributed by atoms with Gasteiger partial charge in [-0.15, -0.1) is 23.5 Å². The summed E-state index contributed by atoms with van der Waals surface area (Å²) in [6.45, 7) is 2.78. The van der Waals surface area contributed by atoms with E-state index in [1.165, 1.54) is 0 Å². The van der Waals surface area contributed by atoms with Crippen molar-refractivity contribution in [3.63, 3.8) is 0 Å². The van der Waals surface area contributed by atoms with Crippen LogP contribution in [0, 0.1) is 0 Å². The number of pyridine rings is 1.